The second-order valence-corrected chi connectivity index (χ2v) is 7.11. The van der Waals surface area contributed by atoms with Crippen molar-refractivity contribution in [1.82, 2.24) is 0 Å². The largest absolute Gasteiger partial charge is 0.497 e. The predicted octanol–water partition coefficient (Wildman–Crippen LogP) is 5.01. The second-order valence-electron chi connectivity index (χ2n) is 5.95. The van der Waals surface area contributed by atoms with Crippen molar-refractivity contribution in [1.29, 1.82) is 5.26 Å². The summed E-state index contributed by atoms with van der Waals surface area (Å²) in [5.41, 5.74) is 0.483. The first kappa shape index (κ1) is 21.1. The van der Waals surface area contributed by atoms with Gasteiger partial charge < -0.3 is 14.5 Å². The van der Waals surface area contributed by atoms with Crippen molar-refractivity contribution in [3.8, 4) is 23.1 Å². The van der Waals surface area contributed by atoms with Crippen molar-refractivity contribution in [3.63, 3.8) is 0 Å². The van der Waals surface area contributed by atoms with Gasteiger partial charge in [-0.1, -0.05) is 12.1 Å². The Balaban J connectivity index is 1.89. The number of hydrogen-bond acceptors (Lipinski definition) is 6. The summed E-state index contributed by atoms with van der Waals surface area (Å²) in [6, 6.07) is 16.5. The molecule has 0 saturated carbocycles. The molecule has 9 heteroatoms. The summed E-state index contributed by atoms with van der Waals surface area (Å²) in [6.07, 6.45) is 1.28. The standard InChI is InChI=1S/C21H14IN3O5/c1-29-14-6-8-16(19(11-14)25(27)28)20-9-7-15(30-20)10-13(12-23)21(26)24-18-5-3-2-4-17(18)22/h2-11H,1H3,(H,24,26)/b13-10-. The number of carbonyl (C=O) groups excluding carboxylic acids is 1. The quantitative estimate of drug-likeness (QED) is 0.162. The first-order chi connectivity index (χ1) is 14.4. The van der Waals surface area contributed by atoms with Crippen molar-refractivity contribution in [3.05, 3.63) is 79.6 Å². The number of benzene rings is 2. The molecule has 1 N–H and O–H groups in total. The maximum absolute atomic E-state index is 12.4. The molecule has 2 aromatic carbocycles. The number of nitriles is 1. The van der Waals surface area contributed by atoms with Crippen molar-refractivity contribution >= 4 is 45.9 Å². The van der Waals surface area contributed by atoms with Crippen LogP contribution in [0.25, 0.3) is 17.4 Å². The normalized spacial score (nSPS) is 10.9. The fraction of sp³-hybridized carbons (Fsp3) is 0.0476. The van der Waals surface area contributed by atoms with E-state index in [0.29, 0.717) is 11.4 Å². The third-order valence-corrected chi connectivity index (χ3v) is 5.01. The Hall–Kier alpha value is -3.65. The number of hydrogen-bond donors (Lipinski definition) is 1. The molecule has 0 aliphatic rings. The number of furan rings is 1. The van der Waals surface area contributed by atoms with Gasteiger partial charge in [0.2, 0.25) is 0 Å². The molecule has 1 heterocycles. The van der Waals surface area contributed by atoms with Crippen LogP contribution in [0.4, 0.5) is 11.4 Å². The van der Waals surface area contributed by atoms with Gasteiger partial charge in [-0.2, -0.15) is 5.26 Å². The molecule has 3 rings (SSSR count). The third kappa shape index (κ3) is 4.66. The average molecular weight is 515 g/mol. The van der Waals surface area contributed by atoms with Crippen LogP contribution in [0.3, 0.4) is 0 Å². The number of methoxy groups -OCH3 is 1. The summed E-state index contributed by atoms with van der Waals surface area (Å²) in [5, 5.41) is 23.4. The van der Waals surface area contributed by atoms with Gasteiger partial charge >= 0.3 is 0 Å². The Morgan fingerprint density at radius 1 is 1.27 bits per heavy atom. The number of ether oxygens (including phenoxy) is 1. The van der Waals surface area contributed by atoms with Crippen LogP contribution in [0.5, 0.6) is 5.75 Å². The van der Waals surface area contributed by atoms with Gasteiger partial charge in [0.15, 0.2) is 0 Å². The maximum atomic E-state index is 12.4. The zero-order valence-electron chi connectivity index (χ0n) is 15.6. The number of anilines is 1. The summed E-state index contributed by atoms with van der Waals surface area (Å²) in [7, 11) is 1.42. The molecule has 0 fully saturated rings. The lowest BCUT2D eigenvalue weighted by Gasteiger charge is -2.06. The number of carbonyl (C=O) groups is 1. The average Bonchev–Trinajstić information content (AvgIpc) is 3.21. The highest BCUT2D eigenvalue weighted by molar-refractivity contribution is 14.1. The monoisotopic (exact) mass is 515 g/mol. The molecule has 3 aromatic rings. The SMILES string of the molecule is COc1ccc(-c2ccc(/C=C(/C#N)C(=O)Nc3ccccc3I)o2)c([N+](=O)[O-])c1. The van der Waals surface area contributed by atoms with E-state index >= 15 is 0 Å². The number of nitro groups is 1. The van der Waals surface area contributed by atoms with Crippen LogP contribution in [0.15, 0.2) is 64.6 Å². The van der Waals surface area contributed by atoms with E-state index in [1.165, 1.54) is 37.5 Å². The zero-order valence-corrected chi connectivity index (χ0v) is 17.7. The van der Waals surface area contributed by atoms with Crippen LogP contribution in [0.1, 0.15) is 5.76 Å². The summed E-state index contributed by atoms with van der Waals surface area (Å²) < 4.78 is 11.5. The molecule has 0 atom stereocenters. The molecule has 0 spiro atoms. The molecular formula is C21H14IN3O5. The fourth-order valence-corrected chi connectivity index (χ4v) is 3.14. The molecule has 0 radical (unpaired) electrons. The van der Waals surface area contributed by atoms with Crippen molar-refractivity contribution in [2.75, 3.05) is 12.4 Å². The van der Waals surface area contributed by atoms with E-state index in [9.17, 15) is 20.2 Å². The number of nitro benzene ring substituents is 1. The highest BCUT2D eigenvalue weighted by Gasteiger charge is 2.20. The van der Waals surface area contributed by atoms with E-state index in [0.717, 1.165) is 3.57 Å². The van der Waals surface area contributed by atoms with Gasteiger partial charge in [-0.15, -0.1) is 0 Å². The molecule has 8 nitrogen and oxygen atoms in total. The van der Waals surface area contributed by atoms with Crippen LogP contribution in [0.2, 0.25) is 0 Å². The van der Waals surface area contributed by atoms with Crippen LogP contribution in [-0.2, 0) is 4.79 Å². The summed E-state index contributed by atoms with van der Waals surface area (Å²) in [4.78, 5) is 23.3. The second kappa shape index (κ2) is 9.23. The van der Waals surface area contributed by atoms with Gasteiger partial charge in [0.25, 0.3) is 11.6 Å². The molecule has 0 saturated heterocycles. The van der Waals surface area contributed by atoms with Gasteiger partial charge in [-0.25, -0.2) is 0 Å². The van der Waals surface area contributed by atoms with Crippen LogP contribution in [0, 0.1) is 25.0 Å². The van der Waals surface area contributed by atoms with E-state index in [1.807, 2.05) is 18.2 Å². The lowest BCUT2D eigenvalue weighted by atomic mass is 10.1. The lowest BCUT2D eigenvalue weighted by molar-refractivity contribution is -0.384. The predicted molar refractivity (Wildman–Crippen MR) is 119 cm³/mol. The summed E-state index contributed by atoms with van der Waals surface area (Å²) in [6.45, 7) is 0. The minimum absolute atomic E-state index is 0.167. The van der Waals surface area contributed by atoms with E-state index < -0.39 is 10.8 Å². The van der Waals surface area contributed by atoms with Gasteiger partial charge in [0, 0.05) is 9.65 Å². The minimum Gasteiger partial charge on any atom is -0.497 e. The number of para-hydroxylation sites is 1. The highest BCUT2D eigenvalue weighted by atomic mass is 127. The molecule has 0 unspecified atom stereocenters. The molecule has 0 aliphatic carbocycles. The molecule has 1 amide bonds. The molecule has 30 heavy (non-hydrogen) atoms. The van der Waals surface area contributed by atoms with Crippen molar-refractivity contribution in [2.45, 2.75) is 0 Å². The number of rotatable bonds is 6. The Morgan fingerprint density at radius 2 is 2.03 bits per heavy atom. The van der Waals surface area contributed by atoms with Crippen molar-refractivity contribution in [2.24, 2.45) is 0 Å². The van der Waals surface area contributed by atoms with E-state index in [4.69, 9.17) is 9.15 Å². The molecular weight excluding hydrogens is 501 g/mol. The molecule has 1 aromatic heterocycles. The van der Waals surface area contributed by atoms with Gasteiger partial charge in [-0.05, 0) is 59.0 Å². The van der Waals surface area contributed by atoms with E-state index in [-0.39, 0.29) is 28.3 Å². The molecule has 150 valence electrons. The van der Waals surface area contributed by atoms with Gasteiger partial charge in [-0.3, -0.25) is 14.9 Å². The minimum atomic E-state index is -0.588. The number of halogens is 1. The van der Waals surface area contributed by atoms with E-state index in [1.54, 1.807) is 18.2 Å². The van der Waals surface area contributed by atoms with Gasteiger partial charge in [0.05, 0.1) is 29.4 Å². The Labute approximate surface area is 185 Å². The van der Waals surface area contributed by atoms with Crippen LogP contribution < -0.4 is 10.1 Å². The molecule has 0 bridgehead atoms. The number of nitrogens with zero attached hydrogens (tertiary/aromatic N) is 2. The van der Waals surface area contributed by atoms with Crippen molar-refractivity contribution < 1.29 is 18.9 Å². The summed E-state index contributed by atoms with van der Waals surface area (Å²) >= 11 is 2.08. The summed E-state index contributed by atoms with van der Waals surface area (Å²) in [5.74, 6) is 0.196. The Bertz CT molecular complexity index is 1190. The Morgan fingerprint density at radius 3 is 2.70 bits per heavy atom. The number of amides is 1. The first-order valence-electron chi connectivity index (χ1n) is 8.53. The molecule has 0 aliphatic heterocycles. The van der Waals surface area contributed by atoms with Crippen LogP contribution in [-0.4, -0.2) is 17.9 Å². The highest BCUT2D eigenvalue weighted by Crippen LogP contribution is 2.34. The first-order valence-corrected chi connectivity index (χ1v) is 9.61. The maximum Gasteiger partial charge on any atom is 0.284 e. The fourth-order valence-electron chi connectivity index (χ4n) is 2.62. The number of nitrogens with one attached hydrogen (secondary N) is 1. The van der Waals surface area contributed by atoms with Crippen LogP contribution >= 0.6 is 22.6 Å². The lowest BCUT2D eigenvalue weighted by Crippen LogP contribution is -2.14. The van der Waals surface area contributed by atoms with Gasteiger partial charge in [0.1, 0.15) is 28.9 Å². The zero-order chi connectivity index (χ0) is 21.7. The smallest absolute Gasteiger partial charge is 0.284 e. The topological polar surface area (TPSA) is 118 Å². The van der Waals surface area contributed by atoms with E-state index in [2.05, 4.69) is 27.9 Å². The third-order valence-electron chi connectivity index (χ3n) is 4.07. The Kier molecular flexibility index (Phi) is 6.48.